The number of nitrogens with one attached hydrogen (secondary N) is 1. The molecule has 2 rings (SSSR count). The minimum absolute atomic E-state index is 0.0579. The molecule has 0 atom stereocenters. The first-order valence-corrected chi connectivity index (χ1v) is 5.81. The van der Waals surface area contributed by atoms with E-state index in [1.165, 1.54) is 19.2 Å². The molecule has 3 nitrogen and oxygen atoms in total. The smallest absolute Gasteiger partial charge is 0.223 e. The summed E-state index contributed by atoms with van der Waals surface area (Å²) >= 11 is 0. The number of ether oxygens (including phenoxy) is 1. The quantitative estimate of drug-likeness (QED) is 0.872. The van der Waals surface area contributed by atoms with Crippen molar-refractivity contribution < 1.29 is 13.9 Å². The summed E-state index contributed by atoms with van der Waals surface area (Å²) in [5.74, 6) is 0.483. The number of benzene rings is 1. The van der Waals surface area contributed by atoms with Crippen molar-refractivity contribution in [3.63, 3.8) is 0 Å². The molecular formula is C13H16FNO2. The van der Waals surface area contributed by atoms with E-state index in [0.29, 0.717) is 17.9 Å². The van der Waals surface area contributed by atoms with E-state index in [1.54, 1.807) is 6.07 Å². The van der Waals surface area contributed by atoms with E-state index in [0.717, 1.165) is 19.3 Å². The zero-order valence-electron chi connectivity index (χ0n) is 9.83. The van der Waals surface area contributed by atoms with Crippen LogP contribution in [0.25, 0.3) is 0 Å². The third-order valence-corrected chi connectivity index (χ3v) is 3.17. The summed E-state index contributed by atoms with van der Waals surface area (Å²) in [6, 6.07) is 4.30. The predicted octanol–water partition coefficient (Wildman–Crippen LogP) is 2.25. The molecule has 1 N–H and O–H groups in total. The van der Waals surface area contributed by atoms with Crippen molar-refractivity contribution in [1.82, 2.24) is 5.32 Å². The van der Waals surface area contributed by atoms with Crippen LogP contribution in [0.5, 0.6) is 5.75 Å². The Labute approximate surface area is 100.0 Å². The van der Waals surface area contributed by atoms with Gasteiger partial charge >= 0.3 is 0 Å². The monoisotopic (exact) mass is 237 g/mol. The minimum Gasteiger partial charge on any atom is -0.496 e. The van der Waals surface area contributed by atoms with Crippen molar-refractivity contribution in [2.45, 2.75) is 25.8 Å². The number of rotatable bonds is 4. The second-order valence-corrected chi connectivity index (χ2v) is 4.30. The number of hydrogen-bond acceptors (Lipinski definition) is 2. The van der Waals surface area contributed by atoms with Gasteiger partial charge in [-0.05, 0) is 31.0 Å². The molecule has 0 saturated heterocycles. The Morgan fingerprint density at radius 3 is 2.88 bits per heavy atom. The maximum absolute atomic E-state index is 13.1. The number of methoxy groups -OCH3 is 1. The Kier molecular flexibility index (Phi) is 3.61. The van der Waals surface area contributed by atoms with Gasteiger partial charge in [-0.3, -0.25) is 4.79 Å². The highest BCUT2D eigenvalue weighted by Crippen LogP contribution is 2.26. The summed E-state index contributed by atoms with van der Waals surface area (Å²) in [6.45, 7) is 0.316. The molecule has 4 heteroatoms. The molecule has 1 amide bonds. The number of hydrogen-bond donors (Lipinski definition) is 1. The van der Waals surface area contributed by atoms with Crippen molar-refractivity contribution >= 4 is 5.91 Å². The van der Waals surface area contributed by atoms with E-state index >= 15 is 0 Å². The maximum Gasteiger partial charge on any atom is 0.223 e. The second-order valence-electron chi connectivity index (χ2n) is 4.30. The summed E-state index contributed by atoms with van der Waals surface area (Å²) in [5.41, 5.74) is 0.667. The van der Waals surface area contributed by atoms with Gasteiger partial charge in [0.2, 0.25) is 5.91 Å². The molecule has 1 aliphatic carbocycles. The van der Waals surface area contributed by atoms with Crippen LogP contribution in [-0.2, 0) is 11.3 Å². The number of amides is 1. The lowest BCUT2D eigenvalue weighted by Crippen LogP contribution is -2.34. The Morgan fingerprint density at radius 1 is 1.53 bits per heavy atom. The molecular weight excluding hydrogens is 221 g/mol. The average Bonchev–Trinajstić information content (AvgIpc) is 2.24. The maximum atomic E-state index is 13.1. The first-order valence-electron chi connectivity index (χ1n) is 5.81. The fourth-order valence-electron chi connectivity index (χ4n) is 1.88. The Hall–Kier alpha value is -1.58. The summed E-state index contributed by atoms with van der Waals surface area (Å²) in [5, 5.41) is 2.82. The van der Waals surface area contributed by atoms with E-state index < -0.39 is 0 Å². The molecule has 0 aliphatic heterocycles. The molecule has 1 aliphatic rings. The first kappa shape index (κ1) is 11.9. The van der Waals surface area contributed by atoms with Crippen LogP contribution in [-0.4, -0.2) is 13.0 Å². The molecule has 1 aromatic rings. The van der Waals surface area contributed by atoms with Gasteiger partial charge in [0.05, 0.1) is 7.11 Å². The fraction of sp³-hybridized carbons (Fsp3) is 0.462. The van der Waals surface area contributed by atoms with Crippen LogP contribution in [0.15, 0.2) is 18.2 Å². The second kappa shape index (κ2) is 5.17. The van der Waals surface area contributed by atoms with Gasteiger partial charge in [0, 0.05) is 18.0 Å². The van der Waals surface area contributed by atoms with Crippen LogP contribution < -0.4 is 10.1 Å². The van der Waals surface area contributed by atoms with Crippen LogP contribution in [0, 0.1) is 11.7 Å². The highest BCUT2D eigenvalue weighted by Gasteiger charge is 2.24. The highest BCUT2D eigenvalue weighted by molar-refractivity contribution is 5.79. The largest absolute Gasteiger partial charge is 0.496 e. The van der Waals surface area contributed by atoms with Crippen molar-refractivity contribution in [2.75, 3.05) is 7.11 Å². The van der Waals surface area contributed by atoms with Gasteiger partial charge in [-0.1, -0.05) is 6.42 Å². The number of carbonyl (C=O) groups excluding carboxylic acids is 1. The molecule has 17 heavy (non-hydrogen) atoms. The Morgan fingerprint density at radius 2 is 2.29 bits per heavy atom. The fourth-order valence-corrected chi connectivity index (χ4v) is 1.88. The summed E-state index contributed by atoms with van der Waals surface area (Å²) in [7, 11) is 1.53. The molecule has 1 aromatic carbocycles. The minimum atomic E-state index is -0.321. The predicted molar refractivity (Wildman–Crippen MR) is 62.1 cm³/mol. The molecule has 0 radical (unpaired) electrons. The van der Waals surface area contributed by atoms with Gasteiger partial charge in [0.1, 0.15) is 11.6 Å². The van der Waals surface area contributed by atoms with Gasteiger partial charge < -0.3 is 10.1 Å². The third-order valence-electron chi connectivity index (χ3n) is 3.17. The lowest BCUT2D eigenvalue weighted by Gasteiger charge is -2.24. The molecule has 0 unspecified atom stereocenters. The zero-order chi connectivity index (χ0) is 12.3. The molecule has 0 spiro atoms. The van der Waals surface area contributed by atoms with E-state index in [9.17, 15) is 9.18 Å². The van der Waals surface area contributed by atoms with E-state index in [2.05, 4.69) is 5.32 Å². The first-order chi connectivity index (χ1) is 8.20. The molecule has 92 valence electrons. The third kappa shape index (κ3) is 2.75. The van der Waals surface area contributed by atoms with Gasteiger partial charge in [-0.15, -0.1) is 0 Å². The van der Waals surface area contributed by atoms with E-state index in [-0.39, 0.29) is 17.6 Å². The molecule has 0 bridgehead atoms. The summed E-state index contributed by atoms with van der Waals surface area (Å²) in [6.07, 6.45) is 3.06. The molecule has 1 fully saturated rings. The van der Waals surface area contributed by atoms with Gasteiger partial charge in [0.25, 0.3) is 0 Å². The topological polar surface area (TPSA) is 38.3 Å². The lowest BCUT2D eigenvalue weighted by molar-refractivity contribution is -0.127. The number of carbonyl (C=O) groups is 1. The Balaban J connectivity index is 1.97. The summed E-state index contributed by atoms with van der Waals surface area (Å²) in [4.78, 5) is 11.6. The van der Waals surface area contributed by atoms with E-state index in [1.807, 2.05) is 0 Å². The SMILES string of the molecule is COc1ccc(F)cc1CNC(=O)C1CCC1. The van der Waals surface area contributed by atoms with Crippen molar-refractivity contribution in [3.05, 3.63) is 29.6 Å². The molecule has 0 aromatic heterocycles. The van der Waals surface area contributed by atoms with Crippen LogP contribution in [0.4, 0.5) is 4.39 Å². The molecule has 0 heterocycles. The van der Waals surface area contributed by atoms with Crippen LogP contribution in [0.3, 0.4) is 0 Å². The van der Waals surface area contributed by atoms with Crippen LogP contribution in [0.1, 0.15) is 24.8 Å². The lowest BCUT2D eigenvalue weighted by atomic mass is 9.85. The van der Waals surface area contributed by atoms with Crippen LogP contribution >= 0.6 is 0 Å². The highest BCUT2D eigenvalue weighted by atomic mass is 19.1. The van der Waals surface area contributed by atoms with Crippen molar-refractivity contribution in [2.24, 2.45) is 5.92 Å². The normalized spacial score (nSPS) is 15.2. The Bertz CT molecular complexity index is 416. The van der Waals surface area contributed by atoms with Gasteiger partial charge in [0.15, 0.2) is 0 Å². The van der Waals surface area contributed by atoms with E-state index in [4.69, 9.17) is 4.74 Å². The average molecular weight is 237 g/mol. The molecule has 1 saturated carbocycles. The van der Waals surface area contributed by atoms with Gasteiger partial charge in [-0.2, -0.15) is 0 Å². The van der Waals surface area contributed by atoms with Crippen molar-refractivity contribution in [1.29, 1.82) is 0 Å². The zero-order valence-corrected chi connectivity index (χ0v) is 9.83. The van der Waals surface area contributed by atoms with Crippen LogP contribution in [0.2, 0.25) is 0 Å². The number of halogens is 1. The standard InChI is InChI=1S/C13H16FNO2/c1-17-12-6-5-11(14)7-10(12)8-15-13(16)9-3-2-4-9/h5-7,9H,2-4,8H2,1H3,(H,15,16). The van der Waals surface area contributed by atoms with Gasteiger partial charge in [-0.25, -0.2) is 4.39 Å². The summed E-state index contributed by atoms with van der Waals surface area (Å²) < 4.78 is 18.2. The van der Waals surface area contributed by atoms with Crippen molar-refractivity contribution in [3.8, 4) is 5.75 Å².